The summed E-state index contributed by atoms with van der Waals surface area (Å²) in [7, 11) is 0. The minimum absolute atomic E-state index is 0.000301. The zero-order valence-corrected chi connectivity index (χ0v) is 15.3. The van der Waals surface area contributed by atoms with Crippen molar-refractivity contribution in [2.75, 3.05) is 26.2 Å². The second-order valence-electron chi connectivity index (χ2n) is 7.44. The van der Waals surface area contributed by atoms with Crippen LogP contribution in [0.5, 0.6) is 0 Å². The van der Waals surface area contributed by atoms with Crippen LogP contribution in [0.1, 0.15) is 41.6 Å². The number of aromatic nitrogens is 1. The van der Waals surface area contributed by atoms with E-state index in [-0.39, 0.29) is 17.7 Å². The van der Waals surface area contributed by atoms with Crippen molar-refractivity contribution < 1.29 is 9.59 Å². The number of para-hydroxylation sites is 1. The summed E-state index contributed by atoms with van der Waals surface area (Å²) in [6, 6.07) is 7.89. The highest BCUT2D eigenvalue weighted by atomic mass is 16.2. The molecule has 2 fully saturated rings. The third kappa shape index (κ3) is 3.06. The summed E-state index contributed by atoms with van der Waals surface area (Å²) in [6.45, 7) is 4.97. The van der Waals surface area contributed by atoms with Crippen LogP contribution < -0.4 is 0 Å². The third-order valence-electron chi connectivity index (χ3n) is 5.75. The van der Waals surface area contributed by atoms with Gasteiger partial charge in [0.05, 0.1) is 17.0 Å². The van der Waals surface area contributed by atoms with Crippen LogP contribution in [0.25, 0.3) is 10.9 Å². The number of pyridine rings is 1. The van der Waals surface area contributed by atoms with Gasteiger partial charge in [-0.25, -0.2) is 0 Å². The van der Waals surface area contributed by atoms with E-state index >= 15 is 0 Å². The fourth-order valence-corrected chi connectivity index (χ4v) is 4.22. The Balaban J connectivity index is 1.54. The average molecular weight is 351 g/mol. The van der Waals surface area contributed by atoms with Crippen molar-refractivity contribution in [1.82, 2.24) is 14.8 Å². The van der Waals surface area contributed by atoms with Gasteiger partial charge in [0.15, 0.2) is 0 Å². The first-order valence-electron chi connectivity index (χ1n) is 9.57. The number of piperidine rings is 1. The monoisotopic (exact) mass is 351 g/mol. The first-order valence-corrected chi connectivity index (χ1v) is 9.57. The Morgan fingerprint density at radius 1 is 1.04 bits per heavy atom. The van der Waals surface area contributed by atoms with Gasteiger partial charge in [-0.2, -0.15) is 0 Å². The number of hydrogen-bond acceptors (Lipinski definition) is 3. The summed E-state index contributed by atoms with van der Waals surface area (Å²) in [4.78, 5) is 34.1. The molecule has 2 aliphatic heterocycles. The maximum atomic E-state index is 13.1. The van der Waals surface area contributed by atoms with Crippen molar-refractivity contribution in [1.29, 1.82) is 0 Å². The topological polar surface area (TPSA) is 53.5 Å². The van der Waals surface area contributed by atoms with Crippen molar-refractivity contribution >= 4 is 22.7 Å². The molecule has 2 saturated heterocycles. The Morgan fingerprint density at radius 2 is 1.77 bits per heavy atom. The van der Waals surface area contributed by atoms with E-state index in [1.807, 2.05) is 41.0 Å². The molecule has 2 aromatic rings. The molecule has 1 aromatic heterocycles. The van der Waals surface area contributed by atoms with Crippen LogP contribution in [0.15, 0.2) is 30.5 Å². The van der Waals surface area contributed by atoms with E-state index in [9.17, 15) is 9.59 Å². The molecule has 4 rings (SSSR count). The van der Waals surface area contributed by atoms with Gasteiger partial charge in [-0.1, -0.05) is 18.2 Å². The lowest BCUT2D eigenvalue weighted by atomic mass is 9.95. The minimum atomic E-state index is -0.0560. The van der Waals surface area contributed by atoms with Crippen LogP contribution in [-0.2, 0) is 4.79 Å². The molecule has 26 heavy (non-hydrogen) atoms. The maximum Gasteiger partial charge on any atom is 0.255 e. The summed E-state index contributed by atoms with van der Waals surface area (Å²) in [6.07, 6.45) is 5.65. The highest BCUT2D eigenvalue weighted by Crippen LogP contribution is 2.25. The highest BCUT2D eigenvalue weighted by molar-refractivity contribution is 6.00. The van der Waals surface area contributed by atoms with Gasteiger partial charge in [-0.15, -0.1) is 0 Å². The number of benzene rings is 1. The van der Waals surface area contributed by atoms with Crippen LogP contribution in [-0.4, -0.2) is 52.8 Å². The molecule has 0 radical (unpaired) electrons. The molecule has 5 heteroatoms. The number of aryl methyl sites for hydroxylation is 1. The highest BCUT2D eigenvalue weighted by Gasteiger charge is 2.33. The molecular weight excluding hydrogens is 326 g/mol. The van der Waals surface area contributed by atoms with Gasteiger partial charge in [-0.3, -0.25) is 14.6 Å². The summed E-state index contributed by atoms with van der Waals surface area (Å²) < 4.78 is 0. The molecule has 2 amide bonds. The van der Waals surface area contributed by atoms with Gasteiger partial charge in [-0.05, 0) is 44.2 Å². The van der Waals surface area contributed by atoms with E-state index < -0.39 is 0 Å². The molecule has 0 aliphatic carbocycles. The lowest BCUT2D eigenvalue weighted by Gasteiger charge is -2.34. The number of hydrogen-bond donors (Lipinski definition) is 0. The number of carbonyl (C=O) groups excluding carboxylic acids is 2. The maximum absolute atomic E-state index is 13.1. The number of amides is 2. The predicted molar refractivity (Wildman–Crippen MR) is 101 cm³/mol. The van der Waals surface area contributed by atoms with Crippen molar-refractivity contribution in [2.24, 2.45) is 5.92 Å². The van der Waals surface area contributed by atoms with Crippen LogP contribution in [0.2, 0.25) is 0 Å². The first kappa shape index (κ1) is 17.0. The van der Waals surface area contributed by atoms with Crippen molar-refractivity contribution in [3.63, 3.8) is 0 Å². The molecule has 1 aromatic carbocycles. The average Bonchev–Trinajstić information content (AvgIpc) is 3.22. The molecule has 2 aliphatic rings. The van der Waals surface area contributed by atoms with E-state index in [1.54, 1.807) is 6.20 Å². The minimum Gasteiger partial charge on any atom is -0.342 e. The number of carbonyl (C=O) groups is 2. The molecule has 3 heterocycles. The quantitative estimate of drug-likeness (QED) is 0.836. The Morgan fingerprint density at radius 3 is 2.58 bits per heavy atom. The van der Waals surface area contributed by atoms with E-state index in [4.69, 9.17) is 0 Å². The van der Waals surface area contributed by atoms with E-state index in [1.165, 1.54) is 0 Å². The fourth-order valence-electron chi connectivity index (χ4n) is 4.22. The van der Waals surface area contributed by atoms with Crippen LogP contribution in [0.3, 0.4) is 0 Å². The lowest BCUT2D eigenvalue weighted by molar-refractivity contribution is -0.135. The Bertz CT molecular complexity index is 842. The summed E-state index contributed by atoms with van der Waals surface area (Å²) >= 11 is 0. The lowest BCUT2D eigenvalue weighted by Crippen LogP contribution is -2.46. The number of nitrogens with zero attached hydrogens (tertiary/aromatic N) is 3. The summed E-state index contributed by atoms with van der Waals surface area (Å²) in [5.74, 6) is 0.174. The van der Waals surface area contributed by atoms with E-state index in [2.05, 4.69) is 4.98 Å². The molecular formula is C21H25N3O2. The molecule has 0 bridgehead atoms. The Labute approximate surface area is 154 Å². The van der Waals surface area contributed by atoms with Crippen molar-refractivity contribution in [2.45, 2.75) is 32.6 Å². The first-order chi connectivity index (χ1) is 12.6. The molecule has 136 valence electrons. The molecule has 1 atom stereocenters. The van der Waals surface area contributed by atoms with Crippen LogP contribution in [0.4, 0.5) is 0 Å². The molecule has 1 unspecified atom stereocenters. The second kappa shape index (κ2) is 7.06. The number of rotatable bonds is 2. The van der Waals surface area contributed by atoms with E-state index in [0.717, 1.165) is 61.8 Å². The smallest absolute Gasteiger partial charge is 0.255 e. The fraction of sp³-hybridized carbons (Fsp3) is 0.476. The SMILES string of the molecule is Cc1c(C(=O)N2CCCC(C(=O)N3CCCC3)C2)cnc2ccccc12. The van der Waals surface area contributed by atoms with Gasteiger partial charge in [0.2, 0.25) is 5.91 Å². The largest absolute Gasteiger partial charge is 0.342 e. The zero-order chi connectivity index (χ0) is 18.1. The molecule has 5 nitrogen and oxygen atoms in total. The van der Waals surface area contributed by atoms with Crippen LogP contribution in [0, 0.1) is 12.8 Å². The summed E-state index contributed by atoms with van der Waals surface area (Å²) in [5.41, 5.74) is 2.52. The molecule has 0 spiro atoms. The predicted octanol–water partition coefficient (Wildman–Crippen LogP) is 3.02. The Hall–Kier alpha value is -2.43. The van der Waals surface area contributed by atoms with Gasteiger partial charge in [0.25, 0.3) is 5.91 Å². The van der Waals surface area contributed by atoms with Gasteiger partial charge < -0.3 is 9.80 Å². The van der Waals surface area contributed by atoms with Gasteiger partial charge in [0, 0.05) is 37.8 Å². The third-order valence-corrected chi connectivity index (χ3v) is 5.75. The molecule has 0 N–H and O–H groups in total. The second-order valence-corrected chi connectivity index (χ2v) is 7.44. The normalized spacial score (nSPS) is 20.6. The molecule has 0 saturated carbocycles. The van der Waals surface area contributed by atoms with Crippen molar-refractivity contribution in [3.8, 4) is 0 Å². The van der Waals surface area contributed by atoms with Gasteiger partial charge >= 0.3 is 0 Å². The van der Waals surface area contributed by atoms with Crippen LogP contribution >= 0.6 is 0 Å². The standard InChI is InChI=1S/C21H25N3O2/c1-15-17-8-2-3-9-19(17)22-13-18(15)21(26)24-12-6-7-16(14-24)20(25)23-10-4-5-11-23/h2-3,8-9,13,16H,4-7,10-12,14H2,1H3. The van der Waals surface area contributed by atoms with E-state index in [0.29, 0.717) is 12.1 Å². The number of fused-ring (bicyclic) bond motifs is 1. The number of likely N-dealkylation sites (tertiary alicyclic amines) is 2. The summed E-state index contributed by atoms with van der Waals surface area (Å²) in [5, 5.41) is 1.01. The Kier molecular flexibility index (Phi) is 4.62. The van der Waals surface area contributed by atoms with Crippen molar-refractivity contribution in [3.05, 3.63) is 41.6 Å². The zero-order valence-electron chi connectivity index (χ0n) is 15.3. The van der Waals surface area contributed by atoms with Gasteiger partial charge in [0.1, 0.15) is 0 Å².